The number of nitrogens with one attached hydrogen (secondary N) is 1. The summed E-state index contributed by atoms with van der Waals surface area (Å²) in [4.78, 5) is 4.87. The van der Waals surface area contributed by atoms with Crippen molar-refractivity contribution < 1.29 is 0 Å². The number of allylic oxidation sites excluding steroid dienone is 3. The summed E-state index contributed by atoms with van der Waals surface area (Å²) >= 11 is 0. The van der Waals surface area contributed by atoms with Crippen molar-refractivity contribution in [2.24, 2.45) is 0 Å². The van der Waals surface area contributed by atoms with Gasteiger partial charge in [0.2, 0.25) is 0 Å². The van der Waals surface area contributed by atoms with Crippen LogP contribution < -0.4 is 5.32 Å². The van der Waals surface area contributed by atoms with Crippen LogP contribution in [0.5, 0.6) is 0 Å². The zero-order valence-electron chi connectivity index (χ0n) is 11.4. The molecule has 0 unspecified atom stereocenters. The highest BCUT2D eigenvalue weighted by Crippen LogP contribution is 2.07. The van der Waals surface area contributed by atoms with Crippen molar-refractivity contribution in [3.8, 4) is 0 Å². The Balaban J connectivity index is 2.56. The minimum absolute atomic E-state index is 1.01. The Morgan fingerprint density at radius 1 is 1.29 bits per heavy atom. The van der Waals surface area contributed by atoms with Crippen molar-refractivity contribution in [2.45, 2.75) is 6.92 Å². The quantitative estimate of drug-likeness (QED) is 0.728. The van der Waals surface area contributed by atoms with Crippen molar-refractivity contribution in [2.75, 3.05) is 46.8 Å². The van der Waals surface area contributed by atoms with Gasteiger partial charge < -0.3 is 10.2 Å². The third-order valence-electron chi connectivity index (χ3n) is 3.13. The molecule has 1 rings (SSSR count). The van der Waals surface area contributed by atoms with E-state index in [1.165, 1.54) is 11.3 Å². The van der Waals surface area contributed by atoms with E-state index in [-0.39, 0.29) is 0 Å². The fourth-order valence-corrected chi connectivity index (χ4v) is 1.91. The lowest BCUT2D eigenvalue weighted by molar-refractivity contribution is 0.164. The van der Waals surface area contributed by atoms with Crippen molar-refractivity contribution in [1.82, 2.24) is 15.1 Å². The van der Waals surface area contributed by atoms with Gasteiger partial charge in [-0.1, -0.05) is 18.7 Å². The minimum Gasteiger partial charge on any atom is -0.392 e. The average molecular weight is 235 g/mol. The van der Waals surface area contributed by atoms with Crippen LogP contribution in [-0.4, -0.2) is 56.6 Å². The summed E-state index contributed by atoms with van der Waals surface area (Å²) in [6.45, 7) is 11.5. The average Bonchev–Trinajstić information content (AvgIpc) is 2.32. The molecule has 1 heterocycles. The molecule has 0 saturated carbocycles. The highest BCUT2D eigenvalue weighted by Gasteiger charge is 2.13. The lowest BCUT2D eigenvalue weighted by atomic mass is 10.1. The van der Waals surface area contributed by atoms with E-state index in [1.807, 2.05) is 13.1 Å². The van der Waals surface area contributed by atoms with E-state index in [1.54, 1.807) is 0 Å². The molecule has 17 heavy (non-hydrogen) atoms. The largest absolute Gasteiger partial charge is 0.392 e. The zero-order valence-corrected chi connectivity index (χ0v) is 11.4. The molecule has 0 bridgehead atoms. The maximum atomic E-state index is 3.79. The number of nitrogens with zero attached hydrogens (tertiary/aromatic N) is 2. The fourth-order valence-electron chi connectivity index (χ4n) is 1.91. The van der Waals surface area contributed by atoms with Crippen LogP contribution in [0.2, 0.25) is 0 Å². The van der Waals surface area contributed by atoms with Gasteiger partial charge in [0.15, 0.2) is 0 Å². The third-order valence-corrected chi connectivity index (χ3v) is 3.13. The molecule has 3 heteroatoms. The van der Waals surface area contributed by atoms with E-state index in [2.05, 4.69) is 47.8 Å². The van der Waals surface area contributed by atoms with Gasteiger partial charge >= 0.3 is 0 Å². The standard InChI is InChI=1S/C14H25N3/c1-5-6-14(11-13(2)15-3)12-17-9-7-16(4)8-10-17/h5-6,11,15H,1,7-10,12H2,2-4H3/b13-11+,14-6+. The Bertz CT molecular complexity index is 297. The number of likely N-dealkylation sites (N-methyl/N-ethyl adjacent to an activating group) is 1. The van der Waals surface area contributed by atoms with Gasteiger partial charge in [-0.25, -0.2) is 0 Å². The van der Waals surface area contributed by atoms with E-state index in [9.17, 15) is 0 Å². The van der Waals surface area contributed by atoms with Crippen molar-refractivity contribution in [3.05, 3.63) is 36.1 Å². The number of hydrogen-bond donors (Lipinski definition) is 1. The van der Waals surface area contributed by atoms with Crippen LogP contribution in [0.1, 0.15) is 6.92 Å². The molecule has 0 atom stereocenters. The van der Waals surface area contributed by atoms with Crippen LogP contribution in [0.15, 0.2) is 36.1 Å². The Morgan fingerprint density at radius 2 is 1.94 bits per heavy atom. The molecule has 0 aromatic heterocycles. The summed E-state index contributed by atoms with van der Waals surface area (Å²) < 4.78 is 0. The molecule has 3 nitrogen and oxygen atoms in total. The first-order chi connectivity index (χ1) is 8.15. The van der Waals surface area contributed by atoms with Gasteiger partial charge in [-0.15, -0.1) is 0 Å². The molecule has 0 radical (unpaired) electrons. The lowest BCUT2D eigenvalue weighted by Crippen LogP contribution is -2.44. The fraction of sp³-hybridized carbons (Fsp3) is 0.571. The Hall–Kier alpha value is -1.06. The summed E-state index contributed by atoms with van der Waals surface area (Å²) in [6.07, 6.45) is 6.16. The first-order valence-electron chi connectivity index (χ1n) is 6.24. The van der Waals surface area contributed by atoms with E-state index < -0.39 is 0 Å². The second kappa shape index (κ2) is 7.30. The lowest BCUT2D eigenvalue weighted by Gasteiger charge is -2.32. The maximum absolute atomic E-state index is 3.79. The van der Waals surface area contributed by atoms with Gasteiger partial charge in [0.1, 0.15) is 0 Å². The van der Waals surface area contributed by atoms with Crippen LogP contribution >= 0.6 is 0 Å². The van der Waals surface area contributed by atoms with Gasteiger partial charge in [-0.2, -0.15) is 0 Å². The van der Waals surface area contributed by atoms with Crippen LogP contribution in [0, 0.1) is 0 Å². The first-order valence-corrected chi connectivity index (χ1v) is 6.24. The van der Waals surface area contributed by atoms with E-state index in [0.29, 0.717) is 0 Å². The molecule has 96 valence electrons. The highest BCUT2D eigenvalue weighted by atomic mass is 15.2. The summed E-state index contributed by atoms with van der Waals surface area (Å²) in [7, 11) is 4.14. The molecule has 0 aromatic rings. The number of rotatable bonds is 5. The smallest absolute Gasteiger partial charge is 0.0235 e. The Labute approximate surface area is 105 Å². The molecule has 0 amide bonds. The molecule has 1 aliphatic heterocycles. The first kappa shape index (κ1) is 14.0. The van der Waals surface area contributed by atoms with Gasteiger partial charge in [0.05, 0.1) is 0 Å². The predicted octanol–water partition coefficient (Wildman–Crippen LogP) is 1.47. The molecule has 0 aromatic carbocycles. The normalized spacial score (nSPS) is 20.4. The molecule has 1 fully saturated rings. The Morgan fingerprint density at radius 3 is 2.47 bits per heavy atom. The highest BCUT2D eigenvalue weighted by molar-refractivity contribution is 5.27. The molecule has 0 spiro atoms. The van der Waals surface area contributed by atoms with Gasteiger partial charge in [-0.05, 0) is 25.6 Å². The Kier molecular flexibility index (Phi) is 6.01. The SMILES string of the molecule is C=C/C=C(\C=C(/C)NC)CN1CCN(C)CC1. The van der Waals surface area contributed by atoms with Crippen molar-refractivity contribution in [3.63, 3.8) is 0 Å². The minimum atomic E-state index is 1.01. The molecular weight excluding hydrogens is 210 g/mol. The summed E-state index contributed by atoms with van der Waals surface area (Å²) in [5, 5.41) is 3.16. The molecular formula is C14H25N3. The predicted molar refractivity (Wildman–Crippen MR) is 75.0 cm³/mol. The summed E-state index contributed by atoms with van der Waals surface area (Å²) in [6, 6.07) is 0. The van der Waals surface area contributed by atoms with E-state index in [4.69, 9.17) is 0 Å². The van der Waals surface area contributed by atoms with Crippen molar-refractivity contribution in [1.29, 1.82) is 0 Å². The monoisotopic (exact) mass is 235 g/mol. The second-order valence-corrected chi connectivity index (χ2v) is 4.63. The number of piperazine rings is 1. The molecule has 0 aliphatic carbocycles. The van der Waals surface area contributed by atoms with Gasteiger partial charge in [0, 0.05) is 45.5 Å². The van der Waals surface area contributed by atoms with E-state index in [0.717, 1.165) is 32.7 Å². The summed E-state index contributed by atoms with van der Waals surface area (Å²) in [5.41, 5.74) is 2.50. The van der Waals surface area contributed by atoms with Gasteiger partial charge in [-0.3, -0.25) is 4.90 Å². The molecule has 1 saturated heterocycles. The topological polar surface area (TPSA) is 18.5 Å². The molecule has 1 N–H and O–H groups in total. The van der Waals surface area contributed by atoms with Crippen LogP contribution in [0.3, 0.4) is 0 Å². The van der Waals surface area contributed by atoms with Crippen LogP contribution in [0.4, 0.5) is 0 Å². The zero-order chi connectivity index (χ0) is 12.7. The molecule has 1 aliphatic rings. The second-order valence-electron chi connectivity index (χ2n) is 4.63. The summed E-state index contributed by atoms with van der Waals surface area (Å²) in [5.74, 6) is 0. The van der Waals surface area contributed by atoms with Crippen molar-refractivity contribution >= 4 is 0 Å². The van der Waals surface area contributed by atoms with Crippen LogP contribution in [-0.2, 0) is 0 Å². The maximum Gasteiger partial charge on any atom is 0.0235 e. The van der Waals surface area contributed by atoms with E-state index >= 15 is 0 Å². The van der Waals surface area contributed by atoms with Crippen LogP contribution in [0.25, 0.3) is 0 Å². The third kappa shape index (κ3) is 5.20. The number of hydrogen-bond acceptors (Lipinski definition) is 3. The van der Waals surface area contributed by atoms with Gasteiger partial charge in [0.25, 0.3) is 0 Å².